The molecule has 13 nitrogen and oxygen atoms in total. The van der Waals surface area contributed by atoms with Crippen LogP contribution in [0.15, 0.2) is 24.3 Å². The lowest BCUT2D eigenvalue weighted by atomic mass is 10.1. The third kappa shape index (κ3) is 15.8. The average Bonchev–Trinajstić information content (AvgIpc) is 2.90. The van der Waals surface area contributed by atoms with Crippen molar-refractivity contribution in [3.05, 3.63) is 29.8 Å². The first-order valence-electron chi connectivity index (χ1n) is 15.9. The number of aliphatic carboxylic acids is 2. The van der Waals surface area contributed by atoms with Gasteiger partial charge in [-0.15, -0.1) is 0 Å². The molecule has 13 heteroatoms. The molecule has 260 valence electrons. The number of hydrogen-bond acceptors (Lipinski definition) is 11. The van der Waals surface area contributed by atoms with E-state index in [0.717, 1.165) is 11.3 Å². The normalized spacial score (nSPS) is 17.7. The zero-order valence-corrected chi connectivity index (χ0v) is 28.6. The Bertz CT molecular complexity index is 1090. The summed E-state index contributed by atoms with van der Waals surface area (Å²) in [5.74, 6) is -2.46. The summed E-state index contributed by atoms with van der Waals surface area (Å²) in [5.41, 5.74) is -0.247. The fourth-order valence-electron chi connectivity index (χ4n) is 5.11. The molecule has 0 bridgehead atoms. The summed E-state index contributed by atoms with van der Waals surface area (Å²) in [6, 6.07) is 6.63. The van der Waals surface area contributed by atoms with E-state index in [4.69, 9.17) is 14.2 Å². The van der Waals surface area contributed by atoms with Crippen LogP contribution >= 0.6 is 0 Å². The second kappa shape index (κ2) is 18.2. The predicted octanol–water partition coefficient (Wildman–Crippen LogP) is 2.42. The molecule has 1 aliphatic rings. The number of ether oxygens (including phenoxy) is 3. The molecule has 1 atom stereocenters. The quantitative estimate of drug-likeness (QED) is 0.319. The molecule has 1 unspecified atom stereocenters. The van der Waals surface area contributed by atoms with Crippen molar-refractivity contribution in [1.82, 2.24) is 19.6 Å². The first kappa shape index (κ1) is 38.9. The van der Waals surface area contributed by atoms with Crippen molar-refractivity contribution in [1.29, 1.82) is 0 Å². The number of carbonyl (C=O) groups is 4. The van der Waals surface area contributed by atoms with Crippen LogP contribution in [-0.2, 0) is 35.2 Å². The maximum atomic E-state index is 12.8. The van der Waals surface area contributed by atoms with Gasteiger partial charge in [0, 0.05) is 58.9 Å². The van der Waals surface area contributed by atoms with Crippen LogP contribution < -0.4 is 4.74 Å². The molecule has 1 aliphatic heterocycles. The van der Waals surface area contributed by atoms with E-state index in [1.165, 1.54) is 0 Å². The van der Waals surface area contributed by atoms with Gasteiger partial charge in [-0.2, -0.15) is 0 Å². The van der Waals surface area contributed by atoms with Crippen molar-refractivity contribution in [2.45, 2.75) is 78.7 Å². The van der Waals surface area contributed by atoms with Gasteiger partial charge in [-0.1, -0.05) is 12.1 Å². The second-order valence-electron chi connectivity index (χ2n) is 13.6. The van der Waals surface area contributed by atoms with E-state index in [0.29, 0.717) is 52.4 Å². The number of carboxylic acid groups (broad SMARTS) is 2. The van der Waals surface area contributed by atoms with Crippen molar-refractivity contribution < 1.29 is 43.6 Å². The van der Waals surface area contributed by atoms with E-state index in [9.17, 15) is 29.4 Å². The summed E-state index contributed by atoms with van der Waals surface area (Å²) in [7, 11) is 0. The third-order valence-corrected chi connectivity index (χ3v) is 7.15. The molecule has 0 aliphatic carbocycles. The highest BCUT2D eigenvalue weighted by atomic mass is 16.6. The number of esters is 2. The molecule has 0 aromatic heterocycles. The Balaban J connectivity index is 2.37. The lowest BCUT2D eigenvalue weighted by molar-refractivity contribution is -0.157. The average molecular weight is 651 g/mol. The van der Waals surface area contributed by atoms with Crippen LogP contribution in [0.4, 0.5) is 0 Å². The predicted molar refractivity (Wildman–Crippen MR) is 173 cm³/mol. The monoisotopic (exact) mass is 650 g/mol. The van der Waals surface area contributed by atoms with Crippen LogP contribution in [0, 0.1) is 0 Å². The summed E-state index contributed by atoms with van der Waals surface area (Å²) in [5, 5.41) is 19.4. The molecule has 1 aromatic rings. The topological polar surface area (TPSA) is 149 Å². The van der Waals surface area contributed by atoms with Gasteiger partial charge < -0.3 is 24.4 Å². The fraction of sp³-hybridized carbons (Fsp3) is 0.697. The summed E-state index contributed by atoms with van der Waals surface area (Å²) >= 11 is 0. The third-order valence-electron chi connectivity index (χ3n) is 7.15. The first-order chi connectivity index (χ1) is 21.4. The minimum atomic E-state index is -1.27. The van der Waals surface area contributed by atoms with Gasteiger partial charge >= 0.3 is 23.9 Å². The Morgan fingerprint density at radius 2 is 1.15 bits per heavy atom. The van der Waals surface area contributed by atoms with Gasteiger partial charge in [0.1, 0.15) is 23.0 Å². The smallest absolute Gasteiger partial charge is 0.321 e. The molecule has 1 saturated heterocycles. The lowest BCUT2D eigenvalue weighted by Gasteiger charge is -2.36. The highest BCUT2D eigenvalue weighted by molar-refractivity contribution is 5.80. The van der Waals surface area contributed by atoms with Crippen molar-refractivity contribution in [3.8, 4) is 5.75 Å². The van der Waals surface area contributed by atoms with Gasteiger partial charge in [-0.05, 0) is 66.2 Å². The van der Waals surface area contributed by atoms with Gasteiger partial charge in [0.15, 0.2) is 0 Å². The van der Waals surface area contributed by atoms with E-state index < -0.39 is 47.5 Å². The summed E-state index contributed by atoms with van der Waals surface area (Å²) < 4.78 is 16.7. The van der Waals surface area contributed by atoms with Gasteiger partial charge in [-0.3, -0.25) is 38.8 Å². The molecule has 0 spiro atoms. The van der Waals surface area contributed by atoms with E-state index in [-0.39, 0.29) is 26.2 Å². The van der Waals surface area contributed by atoms with Crippen molar-refractivity contribution >= 4 is 23.9 Å². The molecule has 46 heavy (non-hydrogen) atoms. The number of nitrogens with zero attached hydrogens (tertiary/aromatic N) is 4. The molecule has 1 aromatic carbocycles. The number of hydrogen-bond donors (Lipinski definition) is 2. The van der Waals surface area contributed by atoms with Crippen LogP contribution in [0.2, 0.25) is 0 Å². The number of rotatable bonds is 12. The highest BCUT2D eigenvalue weighted by Crippen LogP contribution is 2.16. The fourth-order valence-corrected chi connectivity index (χ4v) is 5.11. The zero-order chi connectivity index (χ0) is 34.5. The van der Waals surface area contributed by atoms with Crippen LogP contribution in [0.25, 0.3) is 0 Å². The van der Waals surface area contributed by atoms with E-state index >= 15 is 0 Å². The second-order valence-corrected chi connectivity index (χ2v) is 13.6. The molecule has 0 saturated carbocycles. The van der Waals surface area contributed by atoms with Crippen LogP contribution in [0.3, 0.4) is 0 Å². The maximum absolute atomic E-state index is 12.8. The molecule has 1 fully saturated rings. The van der Waals surface area contributed by atoms with Crippen molar-refractivity contribution in [2.75, 3.05) is 72.1 Å². The highest BCUT2D eigenvalue weighted by Gasteiger charge is 2.30. The Hall–Kier alpha value is -3.26. The van der Waals surface area contributed by atoms with Crippen LogP contribution in [0.5, 0.6) is 5.75 Å². The summed E-state index contributed by atoms with van der Waals surface area (Å²) in [4.78, 5) is 57.2. The molecule has 2 N–H and O–H groups in total. The summed E-state index contributed by atoms with van der Waals surface area (Å²) in [6.45, 7) is 17.1. The number of carbonyl (C=O) groups excluding carboxylic acids is 2. The van der Waals surface area contributed by atoms with Gasteiger partial charge in [0.05, 0.1) is 26.1 Å². The SMILES string of the molecule is CCOc1ccc(CN2CCN(CC(=O)OC(C)(C)C)CCN(C(CC(=O)O)C(=O)O)CCN(CC(=O)OC(C)(C)C)CC2)cc1. The van der Waals surface area contributed by atoms with Gasteiger partial charge in [0.25, 0.3) is 0 Å². The molecule has 2 rings (SSSR count). The van der Waals surface area contributed by atoms with Gasteiger partial charge in [0.2, 0.25) is 0 Å². The summed E-state index contributed by atoms with van der Waals surface area (Å²) in [6.07, 6.45) is -0.580. The van der Waals surface area contributed by atoms with E-state index in [1.54, 1.807) is 46.4 Å². The Morgan fingerprint density at radius 1 is 0.717 bits per heavy atom. The maximum Gasteiger partial charge on any atom is 0.321 e. The molecule has 1 heterocycles. The van der Waals surface area contributed by atoms with Gasteiger partial charge in [-0.25, -0.2) is 0 Å². The van der Waals surface area contributed by atoms with Crippen LogP contribution in [0.1, 0.15) is 60.5 Å². The molecule has 0 radical (unpaired) electrons. The van der Waals surface area contributed by atoms with E-state index in [2.05, 4.69) is 4.90 Å². The minimum absolute atomic E-state index is 0.00341. The lowest BCUT2D eigenvalue weighted by Crippen LogP contribution is -2.52. The Morgan fingerprint density at radius 3 is 1.54 bits per heavy atom. The zero-order valence-electron chi connectivity index (χ0n) is 28.6. The molecular formula is C33H54N4O9. The van der Waals surface area contributed by atoms with Crippen molar-refractivity contribution in [2.24, 2.45) is 0 Å². The van der Waals surface area contributed by atoms with Crippen molar-refractivity contribution in [3.63, 3.8) is 0 Å². The van der Waals surface area contributed by atoms with E-state index in [1.807, 2.05) is 41.0 Å². The van der Waals surface area contributed by atoms with Crippen LogP contribution in [-0.4, -0.2) is 143 Å². The number of carboxylic acids is 2. The largest absolute Gasteiger partial charge is 0.494 e. The molecular weight excluding hydrogens is 596 g/mol. The Labute approximate surface area is 273 Å². The first-order valence-corrected chi connectivity index (χ1v) is 15.9. The Kier molecular flexibility index (Phi) is 15.4. The molecule has 0 amide bonds. The number of benzene rings is 1. The standard InChI is InChI=1S/C33H54N4O9/c1-8-44-26-11-9-25(10-12-26)22-34-13-15-35(23-29(40)45-32(2,3)4)17-19-37(27(31(42)43)21-28(38)39)20-18-36(16-14-34)24-30(41)46-33(5,6)7/h9-12,27H,8,13-24H2,1-7H3,(H,38,39)(H,42,43). The minimum Gasteiger partial charge on any atom is -0.494 e.